The molecule has 0 aliphatic rings. The van der Waals surface area contributed by atoms with E-state index in [0.717, 1.165) is 10.2 Å². The highest BCUT2D eigenvalue weighted by Gasteiger charge is 2.15. The van der Waals surface area contributed by atoms with E-state index < -0.39 is 11.5 Å². The van der Waals surface area contributed by atoms with Crippen molar-refractivity contribution in [1.29, 1.82) is 0 Å². The Morgan fingerprint density at radius 1 is 1.32 bits per heavy atom. The topological polar surface area (TPSA) is 61.9 Å². The van der Waals surface area contributed by atoms with Crippen molar-refractivity contribution < 1.29 is 9.13 Å². The second-order valence-electron chi connectivity index (χ2n) is 5.21. The molecule has 1 heterocycles. The van der Waals surface area contributed by atoms with Crippen LogP contribution >= 0.6 is 11.6 Å². The number of ether oxygens (including phenoxy) is 1. The predicted octanol–water partition coefficient (Wildman–Crippen LogP) is 2.98. The van der Waals surface area contributed by atoms with Gasteiger partial charge < -0.3 is 4.74 Å². The summed E-state index contributed by atoms with van der Waals surface area (Å²) >= 11 is 6.03. The minimum Gasteiger partial charge on any atom is -0.487 e. The SMILES string of the molecule is C=Cc1cccc(-n2nnn(C)c2=O)c1COc1cc(F)ccc1Cl. The van der Waals surface area contributed by atoms with Crippen LogP contribution in [-0.2, 0) is 13.7 Å². The molecular formula is C17H14ClFN4O2. The fourth-order valence-corrected chi connectivity index (χ4v) is 2.51. The number of aromatic nitrogens is 4. The van der Waals surface area contributed by atoms with Crippen molar-refractivity contribution in [2.75, 3.05) is 0 Å². The number of aryl methyl sites for hydroxylation is 1. The summed E-state index contributed by atoms with van der Waals surface area (Å²) in [6, 6.07) is 9.18. The molecule has 0 fully saturated rings. The van der Waals surface area contributed by atoms with Crippen molar-refractivity contribution in [3.8, 4) is 11.4 Å². The molecule has 25 heavy (non-hydrogen) atoms. The quantitative estimate of drug-likeness (QED) is 0.701. The molecule has 0 aliphatic carbocycles. The van der Waals surface area contributed by atoms with Crippen molar-refractivity contribution in [2.24, 2.45) is 7.05 Å². The van der Waals surface area contributed by atoms with Crippen molar-refractivity contribution >= 4 is 17.7 Å². The van der Waals surface area contributed by atoms with Crippen molar-refractivity contribution in [2.45, 2.75) is 6.61 Å². The average molecular weight is 361 g/mol. The smallest absolute Gasteiger partial charge is 0.368 e. The van der Waals surface area contributed by atoms with Crippen LogP contribution in [0.15, 0.2) is 47.8 Å². The molecule has 8 heteroatoms. The molecule has 0 N–H and O–H groups in total. The first kappa shape index (κ1) is 16.9. The molecule has 0 bridgehead atoms. The lowest BCUT2D eigenvalue weighted by molar-refractivity contribution is 0.304. The van der Waals surface area contributed by atoms with Crippen LogP contribution in [0.1, 0.15) is 11.1 Å². The standard InChI is InChI=1S/C17H14ClFN4O2/c1-3-11-5-4-6-15(23-17(24)22(2)20-21-23)13(11)10-25-16-9-12(19)7-8-14(16)18/h3-9H,1,10H2,2H3. The van der Waals surface area contributed by atoms with Crippen LogP contribution in [0.2, 0.25) is 5.02 Å². The van der Waals surface area contributed by atoms with Crippen molar-refractivity contribution in [3.63, 3.8) is 0 Å². The molecule has 0 saturated carbocycles. The fraction of sp³-hybridized carbons (Fsp3) is 0.118. The van der Waals surface area contributed by atoms with Gasteiger partial charge in [-0.1, -0.05) is 36.4 Å². The van der Waals surface area contributed by atoms with E-state index in [1.54, 1.807) is 18.2 Å². The summed E-state index contributed by atoms with van der Waals surface area (Å²) in [6.07, 6.45) is 1.64. The van der Waals surface area contributed by atoms with Gasteiger partial charge in [0, 0.05) is 18.7 Å². The molecule has 0 amide bonds. The van der Waals surface area contributed by atoms with Gasteiger partial charge in [0.2, 0.25) is 0 Å². The summed E-state index contributed by atoms with van der Waals surface area (Å²) in [5, 5.41) is 7.85. The monoisotopic (exact) mass is 360 g/mol. The first-order valence-electron chi connectivity index (χ1n) is 7.33. The second kappa shape index (κ2) is 6.90. The zero-order chi connectivity index (χ0) is 18.0. The molecule has 1 aromatic heterocycles. The lowest BCUT2D eigenvalue weighted by Gasteiger charge is -2.14. The molecule has 3 rings (SSSR count). The maximum atomic E-state index is 13.4. The maximum absolute atomic E-state index is 13.4. The van der Waals surface area contributed by atoms with Crippen LogP contribution in [0.25, 0.3) is 11.8 Å². The molecule has 0 radical (unpaired) electrons. The van der Waals surface area contributed by atoms with E-state index in [1.807, 2.05) is 6.07 Å². The van der Waals surface area contributed by atoms with Crippen molar-refractivity contribution in [1.82, 2.24) is 19.8 Å². The highest BCUT2D eigenvalue weighted by molar-refractivity contribution is 6.32. The van der Waals surface area contributed by atoms with Crippen LogP contribution in [0, 0.1) is 5.82 Å². The van der Waals surface area contributed by atoms with E-state index in [2.05, 4.69) is 17.0 Å². The van der Waals surface area contributed by atoms with Crippen LogP contribution in [0.5, 0.6) is 5.75 Å². The van der Waals surface area contributed by atoms with E-state index in [-0.39, 0.29) is 17.4 Å². The van der Waals surface area contributed by atoms with Gasteiger partial charge in [-0.25, -0.2) is 9.18 Å². The number of nitrogens with zero attached hydrogens (tertiary/aromatic N) is 4. The number of halogens is 2. The number of tetrazole rings is 1. The normalized spacial score (nSPS) is 10.7. The molecule has 0 spiro atoms. The third kappa shape index (κ3) is 3.32. The molecule has 0 unspecified atom stereocenters. The number of benzene rings is 2. The van der Waals surface area contributed by atoms with Gasteiger partial charge in [0.15, 0.2) is 0 Å². The van der Waals surface area contributed by atoms with E-state index in [9.17, 15) is 9.18 Å². The summed E-state index contributed by atoms with van der Waals surface area (Å²) in [7, 11) is 1.51. The van der Waals surface area contributed by atoms with Crippen LogP contribution in [0.4, 0.5) is 4.39 Å². The Morgan fingerprint density at radius 3 is 2.80 bits per heavy atom. The summed E-state index contributed by atoms with van der Waals surface area (Å²) in [5.74, 6) is -0.250. The van der Waals surface area contributed by atoms with E-state index in [0.29, 0.717) is 11.3 Å². The van der Waals surface area contributed by atoms with Gasteiger partial charge in [0.25, 0.3) is 0 Å². The minimum atomic E-state index is -0.457. The molecule has 0 atom stereocenters. The lowest BCUT2D eigenvalue weighted by atomic mass is 10.1. The highest BCUT2D eigenvalue weighted by atomic mass is 35.5. The van der Waals surface area contributed by atoms with Crippen LogP contribution in [-0.4, -0.2) is 19.8 Å². The Balaban J connectivity index is 2.03. The van der Waals surface area contributed by atoms with Gasteiger partial charge in [0.1, 0.15) is 18.2 Å². The fourth-order valence-electron chi connectivity index (χ4n) is 2.34. The van der Waals surface area contributed by atoms with Gasteiger partial charge in [-0.3, -0.25) is 0 Å². The van der Waals surface area contributed by atoms with Crippen molar-refractivity contribution in [3.05, 3.63) is 75.4 Å². The number of hydrogen-bond donors (Lipinski definition) is 0. The van der Waals surface area contributed by atoms with E-state index in [4.69, 9.17) is 16.3 Å². The second-order valence-corrected chi connectivity index (χ2v) is 5.62. The summed E-state index contributed by atoms with van der Waals surface area (Å²) in [6.45, 7) is 3.82. The van der Waals surface area contributed by atoms with Crippen LogP contribution < -0.4 is 10.4 Å². The summed E-state index contributed by atoms with van der Waals surface area (Å²) in [4.78, 5) is 12.2. The van der Waals surface area contributed by atoms with E-state index >= 15 is 0 Å². The molecule has 0 saturated heterocycles. The lowest BCUT2D eigenvalue weighted by Crippen LogP contribution is -2.23. The zero-order valence-electron chi connectivity index (χ0n) is 13.3. The Morgan fingerprint density at radius 2 is 2.12 bits per heavy atom. The Bertz CT molecular complexity index is 997. The molecule has 6 nitrogen and oxygen atoms in total. The maximum Gasteiger partial charge on any atom is 0.368 e. The molecular weight excluding hydrogens is 347 g/mol. The predicted molar refractivity (Wildman–Crippen MR) is 92.4 cm³/mol. The first-order chi connectivity index (χ1) is 12.0. The molecule has 0 aliphatic heterocycles. The Kier molecular flexibility index (Phi) is 4.67. The zero-order valence-corrected chi connectivity index (χ0v) is 14.1. The largest absolute Gasteiger partial charge is 0.487 e. The van der Waals surface area contributed by atoms with Gasteiger partial charge >= 0.3 is 5.69 Å². The molecule has 3 aromatic rings. The van der Waals surface area contributed by atoms with Crippen LogP contribution in [0.3, 0.4) is 0 Å². The number of rotatable bonds is 5. The average Bonchev–Trinajstić information content (AvgIpc) is 2.94. The van der Waals surface area contributed by atoms with Gasteiger partial charge in [-0.2, -0.15) is 9.36 Å². The summed E-state index contributed by atoms with van der Waals surface area (Å²) < 4.78 is 21.3. The van der Waals surface area contributed by atoms with E-state index in [1.165, 1.54) is 29.9 Å². The van der Waals surface area contributed by atoms with Gasteiger partial charge in [-0.05, 0) is 34.2 Å². The first-order valence-corrected chi connectivity index (χ1v) is 7.70. The third-order valence-electron chi connectivity index (χ3n) is 3.62. The van der Waals surface area contributed by atoms with Gasteiger partial charge in [0.05, 0.1) is 10.7 Å². The molecule has 128 valence electrons. The third-order valence-corrected chi connectivity index (χ3v) is 3.93. The Hall–Kier alpha value is -2.93. The summed E-state index contributed by atoms with van der Waals surface area (Å²) in [5.41, 5.74) is 1.51. The van der Waals surface area contributed by atoms with Gasteiger partial charge in [-0.15, -0.1) is 0 Å². The molecule has 2 aromatic carbocycles. The highest BCUT2D eigenvalue weighted by Crippen LogP contribution is 2.27. The minimum absolute atomic E-state index is 0.0454. The Labute approximate surface area is 147 Å². The number of hydrogen-bond acceptors (Lipinski definition) is 4.